The van der Waals surface area contributed by atoms with Crippen LogP contribution in [0.4, 0.5) is 0 Å². The molecule has 1 saturated carbocycles. The molecule has 2 fully saturated rings. The van der Waals surface area contributed by atoms with Crippen molar-refractivity contribution in [1.82, 2.24) is 0 Å². The number of allylic oxidation sites excluding steroid dienone is 1. The van der Waals surface area contributed by atoms with Crippen LogP contribution < -0.4 is 0 Å². The molecule has 3 rings (SSSR count). The van der Waals surface area contributed by atoms with Gasteiger partial charge in [0.15, 0.2) is 5.78 Å². The zero-order valence-electron chi connectivity index (χ0n) is 6.95. The van der Waals surface area contributed by atoms with Gasteiger partial charge in [0.25, 0.3) is 0 Å². The van der Waals surface area contributed by atoms with Gasteiger partial charge in [-0.05, 0) is 18.8 Å². The fraction of sp³-hybridized carbons (Fsp3) is 0.700. The number of fused-ring (bicyclic) bond motifs is 3. The number of ether oxygens (including phenoxy) is 1. The first-order chi connectivity index (χ1) is 5.78. The summed E-state index contributed by atoms with van der Waals surface area (Å²) in [5.41, 5.74) is -0.0590. The summed E-state index contributed by atoms with van der Waals surface area (Å²) in [5.74, 6) is 1.52. The van der Waals surface area contributed by atoms with Gasteiger partial charge in [0.2, 0.25) is 0 Å². The van der Waals surface area contributed by atoms with Gasteiger partial charge in [0.05, 0.1) is 5.60 Å². The van der Waals surface area contributed by atoms with Crippen LogP contribution in [0.3, 0.4) is 0 Å². The minimum absolute atomic E-state index is 0.0590. The van der Waals surface area contributed by atoms with Crippen LogP contribution in [0.2, 0.25) is 0 Å². The Bertz CT molecular complexity index is 269. The van der Waals surface area contributed by atoms with Crippen LogP contribution >= 0.6 is 0 Å². The number of hydrogen-bond acceptors (Lipinski definition) is 2. The van der Waals surface area contributed by atoms with Crippen molar-refractivity contribution in [3.05, 3.63) is 12.2 Å². The van der Waals surface area contributed by atoms with E-state index in [4.69, 9.17) is 4.74 Å². The molecule has 1 heterocycles. The average Bonchev–Trinajstić information content (AvgIpc) is 2.67. The van der Waals surface area contributed by atoms with E-state index in [1.54, 1.807) is 0 Å². The fourth-order valence-electron chi connectivity index (χ4n) is 2.94. The third-order valence-electron chi connectivity index (χ3n) is 3.47. The summed E-state index contributed by atoms with van der Waals surface area (Å²) in [4.78, 5) is 11.1. The molecule has 3 atom stereocenters. The molecule has 0 N–H and O–H groups in total. The molecule has 0 aromatic rings. The Kier molecular flexibility index (Phi) is 1.14. The molecule has 64 valence electrons. The van der Waals surface area contributed by atoms with E-state index in [-0.39, 0.29) is 11.4 Å². The number of rotatable bonds is 0. The molecule has 2 nitrogen and oxygen atoms in total. The van der Waals surface area contributed by atoms with E-state index in [0.29, 0.717) is 24.9 Å². The monoisotopic (exact) mass is 164 g/mol. The fourth-order valence-corrected chi connectivity index (χ4v) is 2.94. The van der Waals surface area contributed by atoms with Crippen LogP contribution in [-0.4, -0.2) is 18.0 Å². The summed E-state index contributed by atoms with van der Waals surface area (Å²) in [5, 5.41) is 0. The molecule has 0 amide bonds. The van der Waals surface area contributed by atoms with Crippen LogP contribution in [0.15, 0.2) is 12.2 Å². The van der Waals surface area contributed by atoms with E-state index in [1.807, 2.05) is 0 Å². The van der Waals surface area contributed by atoms with E-state index in [9.17, 15) is 4.79 Å². The molecule has 0 aromatic carbocycles. The van der Waals surface area contributed by atoms with Crippen molar-refractivity contribution in [2.75, 3.05) is 6.61 Å². The molecule has 0 aromatic heterocycles. The second-order valence-electron chi connectivity index (χ2n) is 4.26. The summed E-state index contributed by atoms with van der Waals surface area (Å²) in [6, 6.07) is 0. The van der Waals surface area contributed by atoms with Crippen molar-refractivity contribution in [2.24, 2.45) is 11.8 Å². The lowest BCUT2D eigenvalue weighted by molar-refractivity contribution is -0.117. The highest BCUT2D eigenvalue weighted by molar-refractivity contribution is 5.83. The summed E-state index contributed by atoms with van der Waals surface area (Å²) < 4.78 is 5.65. The minimum atomic E-state index is -0.0590. The van der Waals surface area contributed by atoms with Crippen molar-refractivity contribution in [3.8, 4) is 0 Å². The molecule has 3 unspecified atom stereocenters. The third-order valence-corrected chi connectivity index (χ3v) is 3.47. The summed E-state index contributed by atoms with van der Waals surface area (Å²) in [6.07, 6.45) is 7.49. The molecule has 2 aliphatic carbocycles. The quantitative estimate of drug-likeness (QED) is 0.504. The topological polar surface area (TPSA) is 26.3 Å². The maximum Gasteiger partial charge on any atom is 0.161 e. The second-order valence-corrected chi connectivity index (χ2v) is 4.26. The number of ketones is 1. The zero-order valence-corrected chi connectivity index (χ0v) is 6.95. The Morgan fingerprint density at radius 1 is 1.50 bits per heavy atom. The Morgan fingerprint density at radius 3 is 2.92 bits per heavy atom. The maximum absolute atomic E-state index is 11.1. The molecule has 2 bridgehead atoms. The van der Waals surface area contributed by atoms with Crippen LogP contribution in [-0.2, 0) is 9.53 Å². The molecule has 1 spiro atoms. The molecule has 2 heteroatoms. The van der Waals surface area contributed by atoms with Gasteiger partial charge < -0.3 is 4.74 Å². The Hall–Kier alpha value is -0.630. The molecule has 1 saturated heterocycles. The SMILES string of the molecule is O=C1COC2(C1)CC1C=CC2C1. The van der Waals surface area contributed by atoms with Gasteiger partial charge >= 0.3 is 0 Å². The maximum atomic E-state index is 11.1. The zero-order chi connectivity index (χ0) is 8.18. The van der Waals surface area contributed by atoms with Crippen molar-refractivity contribution in [2.45, 2.75) is 24.9 Å². The lowest BCUT2D eigenvalue weighted by atomic mass is 9.85. The van der Waals surface area contributed by atoms with Gasteiger partial charge in [-0.25, -0.2) is 0 Å². The molecule has 12 heavy (non-hydrogen) atoms. The summed E-state index contributed by atoms with van der Waals surface area (Å²) >= 11 is 0. The minimum Gasteiger partial charge on any atom is -0.366 e. The van der Waals surface area contributed by atoms with Gasteiger partial charge in [-0.3, -0.25) is 4.79 Å². The number of hydrogen-bond donors (Lipinski definition) is 0. The Balaban J connectivity index is 1.94. The van der Waals surface area contributed by atoms with Crippen molar-refractivity contribution in [3.63, 3.8) is 0 Å². The van der Waals surface area contributed by atoms with Gasteiger partial charge in [0.1, 0.15) is 6.61 Å². The normalized spacial score (nSPS) is 49.8. The third kappa shape index (κ3) is 0.712. The number of Topliss-reactive ketones (excluding diaryl/α,β-unsaturated/α-hetero) is 1. The van der Waals surface area contributed by atoms with Crippen LogP contribution in [0.25, 0.3) is 0 Å². The predicted molar refractivity (Wildman–Crippen MR) is 43.7 cm³/mol. The van der Waals surface area contributed by atoms with Crippen molar-refractivity contribution < 1.29 is 9.53 Å². The van der Waals surface area contributed by atoms with Crippen molar-refractivity contribution >= 4 is 5.78 Å². The lowest BCUT2D eigenvalue weighted by Gasteiger charge is -2.28. The second kappa shape index (κ2) is 1.99. The van der Waals surface area contributed by atoms with E-state index >= 15 is 0 Å². The lowest BCUT2D eigenvalue weighted by Crippen LogP contribution is -2.32. The molecular weight excluding hydrogens is 152 g/mol. The largest absolute Gasteiger partial charge is 0.366 e. The van der Waals surface area contributed by atoms with Gasteiger partial charge in [0, 0.05) is 12.3 Å². The van der Waals surface area contributed by atoms with Gasteiger partial charge in [-0.1, -0.05) is 12.2 Å². The van der Waals surface area contributed by atoms with E-state index in [2.05, 4.69) is 12.2 Å². The first-order valence-electron chi connectivity index (χ1n) is 4.62. The Labute approximate surface area is 71.6 Å². The molecule has 3 aliphatic rings. The van der Waals surface area contributed by atoms with E-state index in [1.165, 1.54) is 6.42 Å². The highest BCUT2D eigenvalue weighted by Gasteiger charge is 2.53. The number of carbonyl (C=O) groups excluding carboxylic acids is 1. The smallest absolute Gasteiger partial charge is 0.161 e. The highest BCUT2D eigenvalue weighted by Crippen LogP contribution is 2.51. The van der Waals surface area contributed by atoms with Crippen LogP contribution in [0.5, 0.6) is 0 Å². The van der Waals surface area contributed by atoms with E-state index < -0.39 is 0 Å². The van der Waals surface area contributed by atoms with Crippen LogP contribution in [0.1, 0.15) is 19.3 Å². The van der Waals surface area contributed by atoms with Gasteiger partial charge in [-0.2, -0.15) is 0 Å². The number of carbonyl (C=O) groups is 1. The van der Waals surface area contributed by atoms with Crippen molar-refractivity contribution in [1.29, 1.82) is 0 Å². The first kappa shape index (κ1) is 6.84. The van der Waals surface area contributed by atoms with E-state index in [0.717, 1.165) is 6.42 Å². The average molecular weight is 164 g/mol. The molecular formula is C10H12O2. The summed E-state index contributed by atoms with van der Waals surface area (Å²) in [6.45, 7) is 0.358. The standard InChI is InChI=1S/C10H12O2/c11-9-5-10(12-6-9)4-7-1-2-8(10)3-7/h1-2,7-8H,3-6H2. The predicted octanol–water partition coefficient (Wildman–Crippen LogP) is 1.31. The molecule has 1 aliphatic heterocycles. The Morgan fingerprint density at radius 2 is 2.42 bits per heavy atom. The summed E-state index contributed by atoms with van der Waals surface area (Å²) in [7, 11) is 0. The highest BCUT2D eigenvalue weighted by atomic mass is 16.5. The van der Waals surface area contributed by atoms with Crippen LogP contribution in [0, 0.1) is 11.8 Å². The first-order valence-corrected chi connectivity index (χ1v) is 4.62. The molecule has 0 radical (unpaired) electrons. The van der Waals surface area contributed by atoms with Gasteiger partial charge in [-0.15, -0.1) is 0 Å².